The first-order chi connectivity index (χ1) is 9.66. The maximum absolute atomic E-state index is 11.2. The van der Waals surface area contributed by atoms with E-state index in [0.29, 0.717) is 0 Å². The molecule has 2 N–H and O–H groups in total. The van der Waals surface area contributed by atoms with Gasteiger partial charge in [-0.05, 0) is 12.5 Å². The molecule has 1 amide bonds. The van der Waals surface area contributed by atoms with Crippen LogP contribution in [-0.4, -0.2) is 54.5 Å². The molecular weight excluding hydrogens is 250 g/mol. The summed E-state index contributed by atoms with van der Waals surface area (Å²) >= 11 is 0. The number of amides is 1. The molecule has 1 fully saturated rings. The lowest BCUT2D eigenvalue weighted by molar-refractivity contribution is -0.123. The molecule has 108 valence electrons. The Kier molecular flexibility index (Phi) is 5.32. The highest BCUT2D eigenvalue weighted by atomic mass is 16.1. The molecule has 0 radical (unpaired) electrons. The Labute approximate surface area is 120 Å². The van der Waals surface area contributed by atoms with Crippen LogP contribution in [0.3, 0.4) is 0 Å². The lowest BCUT2D eigenvalue weighted by Crippen LogP contribution is -2.52. The number of carbonyl (C=O) groups excluding carboxylic acids is 1. The second kappa shape index (κ2) is 7.22. The lowest BCUT2D eigenvalue weighted by atomic mass is 10.2. The Morgan fingerprint density at radius 3 is 2.50 bits per heavy atom. The van der Waals surface area contributed by atoms with E-state index in [1.807, 2.05) is 25.1 Å². The Balaban J connectivity index is 1.75. The highest BCUT2D eigenvalue weighted by molar-refractivity contribution is 5.79. The average Bonchev–Trinajstić information content (AvgIpc) is 2.48. The van der Waals surface area contributed by atoms with Gasteiger partial charge in [-0.3, -0.25) is 14.6 Å². The minimum atomic E-state index is -0.234. The molecule has 0 saturated carbocycles. The zero-order chi connectivity index (χ0) is 14.4. The molecule has 4 nitrogen and oxygen atoms in total. The van der Waals surface area contributed by atoms with Gasteiger partial charge in [0.05, 0.1) is 6.04 Å². The molecule has 0 spiro atoms. The Morgan fingerprint density at radius 2 is 1.90 bits per heavy atom. The van der Waals surface area contributed by atoms with E-state index in [-0.39, 0.29) is 11.9 Å². The van der Waals surface area contributed by atoms with Crippen LogP contribution in [0, 0.1) is 0 Å². The van der Waals surface area contributed by atoms with Crippen molar-refractivity contribution in [1.82, 2.24) is 9.80 Å². The molecule has 20 heavy (non-hydrogen) atoms. The molecule has 0 aliphatic carbocycles. The highest BCUT2D eigenvalue weighted by Gasteiger charge is 2.23. The van der Waals surface area contributed by atoms with Crippen molar-refractivity contribution < 1.29 is 4.79 Å². The van der Waals surface area contributed by atoms with Crippen LogP contribution in [0.4, 0.5) is 0 Å². The molecule has 1 aromatic rings. The van der Waals surface area contributed by atoms with Crippen LogP contribution < -0.4 is 5.73 Å². The van der Waals surface area contributed by atoms with Crippen molar-refractivity contribution in [2.75, 3.05) is 32.7 Å². The van der Waals surface area contributed by atoms with Gasteiger partial charge in [0.25, 0.3) is 0 Å². The number of primary amides is 1. The first-order valence-corrected chi connectivity index (χ1v) is 7.14. The molecule has 0 bridgehead atoms. The van der Waals surface area contributed by atoms with Crippen LogP contribution in [0.1, 0.15) is 12.5 Å². The number of carbonyl (C=O) groups is 1. The van der Waals surface area contributed by atoms with Gasteiger partial charge in [0, 0.05) is 32.7 Å². The average molecular weight is 273 g/mol. The van der Waals surface area contributed by atoms with Gasteiger partial charge >= 0.3 is 0 Å². The molecule has 1 aliphatic rings. The molecule has 1 aliphatic heterocycles. The zero-order valence-corrected chi connectivity index (χ0v) is 12.0. The molecule has 0 aromatic heterocycles. The number of rotatable bonds is 5. The highest BCUT2D eigenvalue weighted by Crippen LogP contribution is 2.07. The number of nitrogens with zero attached hydrogens (tertiary/aromatic N) is 2. The quantitative estimate of drug-likeness (QED) is 0.877. The fourth-order valence-corrected chi connectivity index (χ4v) is 2.42. The van der Waals surface area contributed by atoms with Gasteiger partial charge in [0.15, 0.2) is 0 Å². The van der Waals surface area contributed by atoms with Crippen molar-refractivity contribution in [3.8, 4) is 0 Å². The van der Waals surface area contributed by atoms with Gasteiger partial charge < -0.3 is 5.73 Å². The first kappa shape index (κ1) is 14.8. The predicted molar refractivity (Wildman–Crippen MR) is 82.1 cm³/mol. The summed E-state index contributed by atoms with van der Waals surface area (Å²) in [6, 6.07) is 10.2. The van der Waals surface area contributed by atoms with E-state index in [2.05, 4.69) is 34.1 Å². The van der Waals surface area contributed by atoms with E-state index in [9.17, 15) is 4.79 Å². The topological polar surface area (TPSA) is 49.6 Å². The van der Waals surface area contributed by atoms with Crippen LogP contribution in [0.2, 0.25) is 0 Å². The molecule has 2 rings (SSSR count). The third-order valence-corrected chi connectivity index (χ3v) is 3.84. The third kappa shape index (κ3) is 4.18. The Hall–Kier alpha value is -1.65. The van der Waals surface area contributed by atoms with E-state index in [0.717, 1.165) is 32.7 Å². The maximum atomic E-state index is 11.2. The van der Waals surface area contributed by atoms with Crippen LogP contribution in [0.5, 0.6) is 0 Å². The number of piperazine rings is 1. The monoisotopic (exact) mass is 273 g/mol. The molecule has 1 atom stereocenters. The first-order valence-electron chi connectivity index (χ1n) is 7.14. The molecular formula is C16H23N3O. The number of hydrogen-bond acceptors (Lipinski definition) is 3. The van der Waals surface area contributed by atoms with E-state index in [1.54, 1.807) is 0 Å². The van der Waals surface area contributed by atoms with Crippen LogP contribution in [-0.2, 0) is 4.79 Å². The van der Waals surface area contributed by atoms with Crippen molar-refractivity contribution in [3.63, 3.8) is 0 Å². The van der Waals surface area contributed by atoms with Gasteiger partial charge in [-0.2, -0.15) is 0 Å². The van der Waals surface area contributed by atoms with Crippen molar-refractivity contribution in [2.24, 2.45) is 5.73 Å². The van der Waals surface area contributed by atoms with Crippen molar-refractivity contribution in [3.05, 3.63) is 42.0 Å². The number of nitrogens with two attached hydrogens (primary N) is 1. The van der Waals surface area contributed by atoms with Gasteiger partial charge in [-0.1, -0.05) is 42.5 Å². The number of hydrogen-bond donors (Lipinski definition) is 1. The molecule has 1 aromatic carbocycles. The Morgan fingerprint density at radius 1 is 1.25 bits per heavy atom. The summed E-state index contributed by atoms with van der Waals surface area (Å²) in [4.78, 5) is 15.7. The maximum Gasteiger partial charge on any atom is 0.234 e. The number of benzene rings is 1. The van der Waals surface area contributed by atoms with Gasteiger partial charge in [0.2, 0.25) is 5.91 Å². The van der Waals surface area contributed by atoms with Crippen LogP contribution >= 0.6 is 0 Å². The summed E-state index contributed by atoms with van der Waals surface area (Å²) < 4.78 is 0. The van der Waals surface area contributed by atoms with Crippen LogP contribution in [0.15, 0.2) is 36.4 Å². The van der Waals surface area contributed by atoms with E-state index < -0.39 is 0 Å². The third-order valence-electron chi connectivity index (χ3n) is 3.84. The standard InChI is InChI=1S/C16H23N3O/c1-14(16(17)20)19-12-10-18(11-13-19)9-5-8-15-6-3-2-4-7-15/h2-8,14H,9-13H2,1H3,(H2,17,20). The molecule has 1 unspecified atom stereocenters. The van der Waals surface area contributed by atoms with Crippen molar-refractivity contribution in [2.45, 2.75) is 13.0 Å². The minimum absolute atomic E-state index is 0.156. The van der Waals surface area contributed by atoms with Gasteiger partial charge in [-0.25, -0.2) is 0 Å². The van der Waals surface area contributed by atoms with Crippen LogP contribution in [0.25, 0.3) is 6.08 Å². The zero-order valence-electron chi connectivity index (χ0n) is 12.0. The van der Waals surface area contributed by atoms with Gasteiger partial charge in [0.1, 0.15) is 0 Å². The molecule has 1 saturated heterocycles. The summed E-state index contributed by atoms with van der Waals surface area (Å²) in [7, 11) is 0. The molecule has 4 heteroatoms. The second-order valence-electron chi connectivity index (χ2n) is 5.23. The largest absolute Gasteiger partial charge is 0.368 e. The summed E-state index contributed by atoms with van der Waals surface area (Å²) in [5, 5.41) is 0. The fraction of sp³-hybridized carbons (Fsp3) is 0.438. The van der Waals surface area contributed by atoms with Crippen molar-refractivity contribution in [1.29, 1.82) is 0 Å². The van der Waals surface area contributed by atoms with Crippen molar-refractivity contribution >= 4 is 12.0 Å². The van der Waals surface area contributed by atoms with Gasteiger partial charge in [-0.15, -0.1) is 0 Å². The summed E-state index contributed by atoms with van der Waals surface area (Å²) in [6.07, 6.45) is 4.35. The fourth-order valence-electron chi connectivity index (χ4n) is 2.42. The second-order valence-corrected chi connectivity index (χ2v) is 5.23. The lowest BCUT2D eigenvalue weighted by Gasteiger charge is -2.36. The van der Waals surface area contributed by atoms with E-state index in [1.165, 1.54) is 5.56 Å². The minimum Gasteiger partial charge on any atom is -0.368 e. The predicted octanol–water partition coefficient (Wildman–Crippen LogP) is 1.19. The normalized spacial score (nSPS) is 19.2. The molecule has 1 heterocycles. The SMILES string of the molecule is CC(C(N)=O)N1CCN(CC=Cc2ccccc2)CC1. The smallest absolute Gasteiger partial charge is 0.234 e. The Bertz CT molecular complexity index is 450. The van der Waals surface area contributed by atoms with E-state index in [4.69, 9.17) is 5.73 Å². The van der Waals surface area contributed by atoms with E-state index >= 15 is 0 Å². The summed E-state index contributed by atoms with van der Waals surface area (Å²) in [6.45, 7) is 6.61. The summed E-state index contributed by atoms with van der Waals surface area (Å²) in [5.41, 5.74) is 6.57. The summed E-state index contributed by atoms with van der Waals surface area (Å²) in [5.74, 6) is -0.234.